The van der Waals surface area contributed by atoms with Gasteiger partial charge in [0.25, 0.3) is 0 Å². The number of morpholine rings is 1. The first-order chi connectivity index (χ1) is 11.6. The van der Waals surface area contributed by atoms with Gasteiger partial charge in [0.15, 0.2) is 0 Å². The summed E-state index contributed by atoms with van der Waals surface area (Å²) in [4.78, 5) is 16.5. The van der Waals surface area contributed by atoms with Crippen molar-refractivity contribution in [2.45, 2.75) is 26.0 Å². The van der Waals surface area contributed by atoms with Gasteiger partial charge in [-0.1, -0.05) is 17.7 Å². The molecule has 1 aromatic carbocycles. The standard InChI is InChI=1S/C18H21N3O3.2ClH/c1-12-3-6-15(7-4-12)24-16-8-5-14(11-20-16)21-18(22)17-13(2)23-10-9-19-17;;/h3-8,11,13,17,19H,9-10H2,1-2H3,(H,21,22);2*1H/t13-,17+;;/m1../s1. The highest BCUT2D eigenvalue weighted by Crippen LogP contribution is 2.21. The fourth-order valence-electron chi connectivity index (χ4n) is 2.49. The SMILES string of the molecule is Cc1ccc(Oc2ccc(NC(=O)[C@H]3NCCO[C@@H]3C)cn2)cc1.Cl.Cl. The van der Waals surface area contributed by atoms with Gasteiger partial charge in [-0.05, 0) is 32.0 Å². The van der Waals surface area contributed by atoms with Crippen LogP contribution in [0.1, 0.15) is 12.5 Å². The molecule has 0 saturated carbocycles. The number of aryl methyl sites for hydroxylation is 1. The van der Waals surface area contributed by atoms with Crippen molar-refractivity contribution < 1.29 is 14.3 Å². The Kier molecular flexibility index (Phi) is 8.81. The third kappa shape index (κ3) is 5.85. The molecule has 0 bridgehead atoms. The monoisotopic (exact) mass is 399 g/mol. The lowest BCUT2D eigenvalue weighted by atomic mass is 10.1. The van der Waals surface area contributed by atoms with Crippen molar-refractivity contribution >= 4 is 36.4 Å². The molecule has 3 rings (SSSR count). The van der Waals surface area contributed by atoms with Gasteiger partial charge in [-0.2, -0.15) is 0 Å². The van der Waals surface area contributed by atoms with E-state index in [0.717, 1.165) is 5.75 Å². The van der Waals surface area contributed by atoms with Crippen molar-refractivity contribution in [1.82, 2.24) is 10.3 Å². The van der Waals surface area contributed by atoms with Crippen LogP contribution in [0.15, 0.2) is 42.6 Å². The quantitative estimate of drug-likeness (QED) is 0.824. The van der Waals surface area contributed by atoms with E-state index in [9.17, 15) is 4.79 Å². The van der Waals surface area contributed by atoms with Gasteiger partial charge in [-0.15, -0.1) is 24.8 Å². The number of nitrogens with zero attached hydrogens (tertiary/aromatic N) is 1. The molecule has 142 valence electrons. The van der Waals surface area contributed by atoms with E-state index >= 15 is 0 Å². The van der Waals surface area contributed by atoms with Crippen molar-refractivity contribution in [1.29, 1.82) is 0 Å². The third-order valence-electron chi connectivity index (χ3n) is 3.85. The number of carbonyl (C=O) groups excluding carboxylic acids is 1. The van der Waals surface area contributed by atoms with E-state index in [4.69, 9.17) is 9.47 Å². The third-order valence-corrected chi connectivity index (χ3v) is 3.85. The molecule has 2 heterocycles. The predicted molar refractivity (Wildman–Crippen MR) is 106 cm³/mol. The Morgan fingerprint density at radius 1 is 1.23 bits per heavy atom. The average Bonchev–Trinajstić information content (AvgIpc) is 2.59. The highest BCUT2D eigenvalue weighted by molar-refractivity contribution is 5.95. The summed E-state index contributed by atoms with van der Waals surface area (Å²) in [6.07, 6.45) is 1.42. The minimum absolute atomic E-state index is 0. The first-order valence-electron chi connectivity index (χ1n) is 7.98. The second kappa shape index (κ2) is 10.3. The molecule has 0 unspecified atom stereocenters. The zero-order valence-corrected chi connectivity index (χ0v) is 16.2. The summed E-state index contributed by atoms with van der Waals surface area (Å²) in [7, 11) is 0. The van der Waals surface area contributed by atoms with Crippen molar-refractivity contribution in [3.8, 4) is 11.6 Å². The molecule has 0 spiro atoms. The van der Waals surface area contributed by atoms with Crippen molar-refractivity contribution in [2.24, 2.45) is 0 Å². The van der Waals surface area contributed by atoms with E-state index in [-0.39, 0.29) is 42.9 Å². The lowest BCUT2D eigenvalue weighted by Crippen LogP contribution is -2.53. The largest absolute Gasteiger partial charge is 0.439 e. The molecule has 8 heteroatoms. The summed E-state index contributed by atoms with van der Waals surface area (Å²) in [5.74, 6) is 1.07. The minimum atomic E-state index is -0.359. The Labute approximate surface area is 165 Å². The fraction of sp³-hybridized carbons (Fsp3) is 0.333. The van der Waals surface area contributed by atoms with Gasteiger partial charge in [0.05, 0.1) is 24.6 Å². The summed E-state index contributed by atoms with van der Waals surface area (Å²) in [6, 6.07) is 10.9. The van der Waals surface area contributed by atoms with Gasteiger partial charge < -0.3 is 20.1 Å². The van der Waals surface area contributed by atoms with E-state index in [1.165, 1.54) is 5.56 Å². The number of rotatable bonds is 4. The van der Waals surface area contributed by atoms with Crippen molar-refractivity contribution in [2.75, 3.05) is 18.5 Å². The number of benzene rings is 1. The van der Waals surface area contributed by atoms with E-state index in [1.807, 2.05) is 38.1 Å². The van der Waals surface area contributed by atoms with E-state index in [2.05, 4.69) is 15.6 Å². The second-order valence-electron chi connectivity index (χ2n) is 5.80. The molecule has 1 aromatic heterocycles. The molecule has 1 aliphatic rings. The van der Waals surface area contributed by atoms with E-state index in [1.54, 1.807) is 18.3 Å². The highest BCUT2D eigenvalue weighted by atomic mass is 35.5. The Bertz CT molecular complexity index is 696. The zero-order chi connectivity index (χ0) is 16.9. The molecule has 0 radical (unpaired) electrons. The van der Waals surface area contributed by atoms with Gasteiger partial charge in [-0.25, -0.2) is 4.98 Å². The van der Waals surface area contributed by atoms with E-state index in [0.29, 0.717) is 24.7 Å². The minimum Gasteiger partial charge on any atom is -0.439 e. The molecule has 1 amide bonds. The van der Waals surface area contributed by atoms with Crippen LogP contribution in [0.5, 0.6) is 11.6 Å². The Morgan fingerprint density at radius 2 is 1.96 bits per heavy atom. The Morgan fingerprint density at radius 3 is 2.58 bits per heavy atom. The normalized spacial score (nSPS) is 18.8. The van der Waals surface area contributed by atoms with Crippen LogP contribution in [0.3, 0.4) is 0 Å². The molecule has 6 nitrogen and oxygen atoms in total. The van der Waals surface area contributed by atoms with Crippen LogP contribution in [-0.2, 0) is 9.53 Å². The lowest BCUT2D eigenvalue weighted by molar-refractivity contribution is -0.123. The number of halogens is 2. The van der Waals surface area contributed by atoms with Gasteiger partial charge in [0.1, 0.15) is 11.8 Å². The molecule has 26 heavy (non-hydrogen) atoms. The smallest absolute Gasteiger partial charge is 0.244 e. The first kappa shape index (κ1) is 22.2. The number of amides is 1. The zero-order valence-electron chi connectivity index (χ0n) is 14.6. The number of ether oxygens (including phenoxy) is 2. The number of aromatic nitrogens is 1. The van der Waals surface area contributed by atoms with Crippen LogP contribution < -0.4 is 15.4 Å². The van der Waals surface area contributed by atoms with Crippen LogP contribution in [0.2, 0.25) is 0 Å². The number of hydrogen-bond donors (Lipinski definition) is 2. The number of pyridine rings is 1. The average molecular weight is 400 g/mol. The van der Waals surface area contributed by atoms with Crippen LogP contribution in [0, 0.1) is 6.92 Å². The van der Waals surface area contributed by atoms with Crippen molar-refractivity contribution in [3.63, 3.8) is 0 Å². The lowest BCUT2D eigenvalue weighted by Gasteiger charge is -2.29. The number of anilines is 1. The maximum atomic E-state index is 12.3. The highest BCUT2D eigenvalue weighted by Gasteiger charge is 2.28. The summed E-state index contributed by atoms with van der Waals surface area (Å²) in [5, 5.41) is 6.00. The fourth-order valence-corrected chi connectivity index (χ4v) is 2.49. The molecule has 2 atom stereocenters. The first-order valence-corrected chi connectivity index (χ1v) is 7.98. The van der Waals surface area contributed by atoms with Crippen LogP contribution in [0.4, 0.5) is 5.69 Å². The summed E-state index contributed by atoms with van der Waals surface area (Å²) >= 11 is 0. The number of hydrogen-bond acceptors (Lipinski definition) is 5. The van der Waals surface area contributed by atoms with Crippen LogP contribution in [-0.4, -0.2) is 36.2 Å². The Balaban J connectivity index is 0.00000169. The number of nitrogens with one attached hydrogen (secondary N) is 2. The molecule has 1 aliphatic heterocycles. The molecular formula is C18H23Cl2N3O3. The summed E-state index contributed by atoms with van der Waals surface area (Å²) in [5.41, 5.74) is 1.79. The topological polar surface area (TPSA) is 72.5 Å². The van der Waals surface area contributed by atoms with Crippen LogP contribution in [0.25, 0.3) is 0 Å². The maximum Gasteiger partial charge on any atom is 0.244 e. The second-order valence-corrected chi connectivity index (χ2v) is 5.80. The summed E-state index contributed by atoms with van der Waals surface area (Å²) < 4.78 is 11.2. The summed E-state index contributed by atoms with van der Waals surface area (Å²) in [6.45, 7) is 5.20. The molecular weight excluding hydrogens is 377 g/mol. The van der Waals surface area contributed by atoms with Crippen molar-refractivity contribution in [3.05, 3.63) is 48.2 Å². The molecule has 1 saturated heterocycles. The molecule has 0 aliphatic carbocycles. The molecule has 2 N–H and O–H groups in total. The number of carbonyl (C=O) groups is 1. The van der Waals surface area contributed by atoms with Gasteiger partial charge in [0.2, 0.25) is 11.8 Å². The van der Waals surface area contributed by atoms with Gasteiger partial charge in [0, 0.05) is 12.6 Å². The predicted octanol–water partition coefficient (Wildman–Crippen LogP) is 3.34. The molecule has 2 aromatic rings. The van der Waals surface area contributed by atoms with Crippen LogP contribution >= 0.6 is 24.8 Å². The maximum absolute atomic E-state index is 12.3. The van der Waals surface area contributed by atoms with E-state index < -0.39 is 0 Å². The Hall–Kier alpha value is -1.86. The van der Waals surface area contributed by atoms with Gasteiger partial charge >= 0.3 is 0 Å². The van der Waals surface area contributed by atoms with Gasteiger partial charge in [-0.3, -0.25) is 4.79 Å². The molecule has 1 fully saturated rings.